The Balaban J connectivity index is 3.11. The molecule has 0 aliphatic rings. The number of sulfonamides is 1. The summed E-state index contributed by atoms with van der Waals surface area (Å²) in [6, 6.07) is 1.45. The molecule has 3 N–H and O–H groups in total. The summed E-state index contributed by atoms with van der Waals surface area (Å²) in [7, 11) is -3.66. The van der Waals surface area contributed by atoms with Crippen molar-refractivity contribution in [3.63, 3.8) is 0 Å². The van der Waals surface area contributed by atoms with E-state index in [1.165, 1.54) is 12.3 Å². The van der Waals surface area contributed by atoms with E-state index in [1.54, 1.807) is 0 Å². The van der Waals surface area contributed by atoms with Gasteiger partial charge in [0.25, 0.3) is 0 Å². The van der Waals surface area contributed by atoms with Gasteiger partial charge in [0.2, 0.25) is 10.0 Å². The lowest BCUT2D eigenvalue weighted by atomic mass is 10.0. The minimum absolute atomic E-state index is 0.000975. The first-order valence-corrected chi connectivity index (χ1v) is 7.90. The lowest BCUT2D eigenvalue weighted by Crippen LogP contribution is -2.43. The second-order valence-electron chi connectivity index (χ2n) is 4.78. The predicted octanol–water partition coefficient (Wildman–Crippen LogP) is 2.28. The van der Waals surface area contributed by atoms with Crippen LogP contribution >= 0.6 is 15.9 Å². The summed E-state index contributed by atoms with van der Waals surface area (Å²) in [4.78, 5) is 3.83. The highest BCUT2D eigenvalue weighted by Crippen LogP contribution is 2.23. The predicted molar refractivity (Wildman–Crippen MR) is 75.7 cm³/mol. The van der Waals surface area contributed by atoms with Crippen LogP contribution in [0.1, 0.15) is 33.6 Å². The zero-order valence-corrected chi connectivity index (χ0v) is 13.1. The molecule has 1 aromatic rings. The summed E-state index contributed by atoms with van der Waals surface area (Å²) >= 11 is 3.19. The van der Waals surface area contributed by atoms with E-state index in [-0.39, 0.29) is 10.7 Å². The number of nitrogen functional groups attached to an aromatic ring is 1. The molecular weight excluding hydrogens is 318 g/mol. The van der Waals surface area contributed by atoms with Crippen LogP contribution < -0.4 is 10.5 Å². The Morgan fingerprint density at radius 1 is 1.50 bits per heavy atom. The Morgan fingerprint density at radius 2 is 2.11 bits per heavy atom. The van der Waals surface area contributed by atoms with E-state index in [4.69, 9.17) is 5.73 Å². The molecule has 0 saturated carbocycles. The van der Waals surface area contributed by atoms with Gasteiger partial charge in [-0.1, -0.05) is 13.3 Å². The monoisotopic (exact) mass is 335 g/mol. The number of anilines is 1. The van der Waals surface area contributed by atoms with Crippen molar-refractivity contribution in [2.75, 3.05) is 5.73 Å². The lowest BCUT2D eigenvalue weighted by molar-refractivity contribution is 0.418. The number of rotatable bonds is 5. The van der Waals surface area contributed by atoms with Crippen LogP contribution in [0, 0.1) is 0 Å². The molecule has 0 radical (unpaired) electrons. The Bertz CT molecular complexity index is 529. The second kappa shape index (κ2) is 5.54. The van der Waals surface area contributed by atoms with Gasteiger partial charge < -0.3 is 5.73 Å². The van der Waals surface area contributed by atoms with Crippen molar-refractivity contribution in [2.45, 2.75) is 44.0 Å². The molecule has 102 valence electrons. The molecule has 0 atom stereocenters. The number of aromatic nitrogens is 1. The number of nitrogens with zero attached hydrogens (tertiary/aromatic N) is 1. The molecule has 1 heterocycles. The normalized spacial score (nSPS) is 12.7. The summed E-state index contributed by atoms with van der Waals surface area (Å²) in [5.41, 5.74) is 5.11. The molecule has 18 heavy (non-hydrogen) atoms. The third-order valence-electron chi connectivity index (χ3n) is 2.42. The molecule has 7 heteroatoms. The SMILES string of the molecule is CCCC(C)(C)NS(=O)(=O)c1cc(Br)cnc1N. The summed E-state index contributed by atoms with van der Waals surface area (Å²) in [6.07, 6.45) is 3.10. The topological polar surface area (TPSA) is 85.1 Å². The third-order valence-corrected chi connectivity index (χ3v) is 4.58. The zero-order valence-electron chi connectivity index (χ0n) is 10.7. The second-order valence-corrected chi connectivity index (χ2v) is 7.34. The maximum Gasteiger partial charge on any atom is 0.244 e. The van der Waals surface area contributed by atoms with Gasteiger partial charge >= 0.3 is 0 Å². The molecule has 5 nitrogen and oxygen atoms in total. The van der Waals surface area contributed by atoms with Crippen molar-refractivity contribution in [1.29, 1.82) is 0 Å². The van der Waals surface area contributed by atoms with Crippen LogP contribution in [0.25, 0.3) is 0 Å². The molecule has 0 unspecified atom stereocenters. The molecule has 0 bridgehead atoms. The van der Waals surface area contributed by atoms with Crippen LogP contribution in [-0.2, 0) is 10.0 Å². The fourth-order valence-electron chi connectivity index (χ4n) is 1.74. The standard InChI is InChI=1S/C11H18BrN3O2S/c1-4-5-11(2,3)15-18(16,17)9-6-8(12)7-14-10(9)13/h6-7,15H,4-5H2,1-3H3,(H2,13,14). The van der Waals surface area contributed by atoms with Crippen molar-refractivity contribution >= 4 is 31.8 Å². The number of nitrogens with one attached hydrogen (secondary N) is 1. The highest BCUT2D eigenvalue weighted by Gasteiger charge is 2.27. The van der Waals surface area contributed by atoms with Crippen molar-refractivity contribution in [3.05, 3.63) is 16.7 Å². The van der Waals surface area contributed by atoms with E-state index in [1.807, 2.05) is 20.8 Å². The van der Waals surface area contributed by atoms with Crippen LogP contribution in [0.3, 0.4) is 0 Å². The van der Waals surface area contributed by atoms with Crippen LogP contribution in [0.4, 0.5) is 5.82 Å². The number of nitrogens with two attached hydrogens (primary N) is 1. The van der Waals surface area contributed by atoms with Gasteiger partial charge in [0.1, 0.15) is 10.7 Å². The van der Waals surface area contributed by atoms with Gasteiger partial charge in [0.05, 0.1) is 0 Å². The van der Waals surface area contributed by atoms with Crippen LogP contribution in [0.2, 0.25) is 0 Å². The van der Waals surface area contributed by atoms with Gasteiger partial charge in [0.15, 0.2) is 0 Å². The average molecular weight is 336 g/mol. The fraction of sp³-hybridized carbons (Fsp3) is 0.545. The highest BCUT2D eigenvalue weighted by molar-refractivity contribution is 9.10. The van der Waals surface area contributed by atoms with E-state index >= 15 is 0 Å². The third kappa shape index (κ3) is 3.93. The molecule has 0 aromatic carbocycles. The molecule has 0 spiro atoms. The van der Waals surface area contributed by atoms with Crippen molar-refractivity contribution in [3.8, 4) is 0 Å². The van der Waals surface area contributed by atoms with Gasteiger partial charge in [-0.2, -0.15) is 0 Å². The lowest BCUT2D eigenvalue weighted by Gasteiger charge is -2.25. The van der Waals surface area contributed by atoms with Gasteiger partial charge in [-0.25, -0.2) is 18.1 Å². The van der Waals surface area contributed by atoms with E-state index in [0.29, 0.717) is 4.47 Å². The molecule has 1 aromatic heterocycles. The number of hydrogen-bond donors (Lipinski definition) is 2. The van der Waals surface area contributed by atoms with Gasteiger partial charge in [0, 0.05) is 16.2 Å². The Hall–Kier alpha value is -0.660. The van der Waals surface area contributed by atoms with E-state index in [0.717, 1.165) is 12.8 Å². The fourth-order valence-corrected chi connectivity index (χ4v) is 3.77. The average Bonchev–Trinajstić information content (AvgIpc) is 2.19. The first-order valence-electron chi connectivity index (χ1n) is 5.63. The number of pyridine rings is 1. The minimum Gasteiger partial charge on any atom is -0.383 e. The van der Waals surface area contributed by atoms with Crippen molar-refractivity contribution in [2.24, 2.45) is 0 Å². The van der Waals surface area contributed by atoms with Crippen LogP contribution in [0.15, 0.2) is 21.6 Å². The Morgan fingerprint density at radius 3 is 2.67 bits per heavy atom. The molecule has 0 saturated heterocycles. The summed E-state index contributed by atoms with van der Waals surface area (Å²) in [5.74, 6) is -0.00185. The highest BCUT2D eigenvalue weighted by atomic mass is 79.9. The molecule has 0 aliphatic heterocycles. The van der Waals surface area contributed by atoms with Crippen molar-refractivity contribution in [1.82, 2.24) is 9.71 Å². The first kappa shape index (κ1) is 15.4. The maximum absolute atomic E-state index is 12.2. The molecule has 0 amide bonds. The van der Waals surface area contributed by atoms with E-state index < -0.39 is 15.6 Å². The quantitative estimate of drug-likeness (QED) is 0.864. The summed E-state index contributed by atoms with van der Waals surface area (Å²) in [5, 5.41) is 0. The van der Waals surface area contributed by atoms with Gasteiger partial charge in [-0.05, 0) is 42.3 Å². The molecule has 0 fully saturated rings. The smallest absolute Gasteiger partial charge is 0.244 e. The molecule has 1 rings (SSSR count). The summed E-state index contributed by atoms with van der Waals surface area (Å²) < 4.78 is 27.7. The zero-order chi connectivity index (χ0) is 14.0. The molecule has 0 aliphatic carbocycles. The van der Waals surface area contributed by atoms with E-state index in [2.05, 4.69) is 25.6 Å². The Labute approximate surface area is 116 Å². The van der Waals surface area contributed by atoms with Gasteiger partial charge in [-0.3, -0.25) is 0 Å². The van der Waals surface area contributed by atoms with Crippen LogP contribution in [0.5, 0.6) is 0 Å². The first-order chi connectivity index (χ1) is 8.18. The van der Waals surface area contributed by atoms with Gasteiger partial charge in [-0.15, -0.1) is 0 Å². The van der Waals surface area contributed by atoms with Crippen molar-refractivity contribution < 1.29 is 8.42 Å². The Kier molecular flexibility index (Phi) is 4.74. The molecular formula is C11H18BrN3O2S. The number of halogens is 1. The number of hydrogen-bond acceptors (Lipinski definition) is 4. The van der Waals surface area contributed by atoms with E-state index in [9.17, 15) is 8.42 Å². The maximum atomic E-state index is 12.2. The summed E-state index contributed by atoms with van der Waals surface area (Å²) in [6.45, 7) is 5.69. The largest absolute Gasteiger partial charge is 0.383 e. The van der Waals surface area contributed by atoms with Crippen LogP contribution in [-0.4, -0.2) is 18.9 Å². The minimum atomic E-state index is -3.66.